The molecule has 0 radical (unpaired) electrons. The summed E-state index contributed by atoms with van der Waals surface area (Å²) in [6.07, 6.45) is -3.49. The Bertz CT molecular complexity index is 1700. The zero-order chi connectivity index (χ0) is 39.1. The van der Waals surface area contributed by atoms with Crippen LogP contribution in [0.15, 0.2) is 60.7 Å². The fourth-order valence-electron chi connectivity index (χ4n) is 3.84. The van der Waals surface area contributed by atoms with Crippen LogP contribution in [0.25, 0.3) is 0 Å². The van der Waals surface area contributed by atoms with Crippen molar-refractivity contribution in [2.75, 3.05) is 26.4 Å². The summed E-state index contributed by atoms with van der Waals surface area (Å²) < 4.78 is 38.8. The van der Waals surface area contributed by atoms with Crippen LogP contribution in [0, 0.1) is 0 Å². The second-order valence-electron chi connectivity index (χ2n) is 9.43. The standard InChI is InChI=1S/C14H18O12S.2C8H6O4.2Na/c15-3-4-25-10(5-16)7-1-2-8(13(18)19)11(12(7)14(20)21)9(17)6-26-27(22,23)24;2*9-7(10)5-1-2-6(4-3-5)8(11)12;;/h1-2,9-10,15-17H,3-6H2,(H,18,19)(H,20,21)(H,22,23,24);2*1-4H,(H,9,10)(H,11,12);;/q;;;2*+1/p-2. The summed E-state index contributed by atoms with van der Waals surface area (Å²) in [4.78, 5) is 64.2. The van der Waals surface area contributed by atoms with Gasteiger partial charge in [-0.1, -0.05) is 12.1 Å². The van der Waals surface area contributed by atoms with Crippen molar-refractivity contribution in [2.24, 2.45) is 0 Å². The predicted molar refractivity (Wildman–Crippen MR) is 161 cm³/mol. The molecule has 0 spiro atoms. The molecule has 0 fully saturated rings. The molecule has 53 heavy (non-hydrogen) atoms. The largest absolute Gasteiger partial charge is 1.00 e. The van der Waals surface area contributed by atoms with Gasteiger partial charge in [0.1, 0.15) is 12.2 Å². The van der Waals surface area contributed by atoms with E-state index < -0.39 is 94.9 Å². The number of ether oxygens (including phenoxy) is 1. The minimum absolute atomic E-state index is 0. The Balaban J connectivity index is 0. The quantitative estimate of drug-likeness (QED) is 0.0524. The third-order valence-electron chi connectivity index (χ3n) is 6.09. The Hall–Kier alpha value is -3.81. The Morgan fingerprint density at radius 1 is 0.660 bits per heavy atom. The van der Waals surface area contributed by atoms with E-state index in [4.69, 9.17) is 34.8 Å². The van der Waals surface area contributed by atoms with Crippen molar-refractivity contribution in [3.63, 3.8) is 0 Å². The number of aliphatic hydroxyl groups excluding tert-OH is 3. The molecular formula is C30H28Na2O20S. The fraction of sp³-hybridized carbons (Fsp3) is 0.200. The predicted octanol–water partition coefficient (Wildman–Crippen LogP) is -7.52. The summed E-state index contributed by atoms with van der Waals surface area (Å²) in [6, 6.07) is 11.9. The molecule has 0 amide bonds. The number of carbonyl (C=O) groups is 6. The third-order valence-corrected chi connectivity index (χ3v) is 6.52. The monoisotopic (exact) mass is 786 g/mol. The van der Waals surface area contributed by atoms with Gasteiger partial charge < -0.3 is 60.3 Å². The Kier molecular flexibility index (Phi) is 23.7. The maximum atomic E-state index is 11.6. The molecule has 0 aliphatic carbocycles. The van der Waals surface area contributed by atoms with Crippen LogP contribution in [-0.2, 0) is 19.3 Å². The molecule has 0 heterocycles. The van der Waals surface area contributed by atoms with Gasteiger partial charge in [-0.3, -0.25) is 4.55 Å². The van der Waals surface area contributed by atoms with Gasteiger partial charge in [-0.05, 0) is 54.1 Å². The maximum absolute atomic E-state index is 11.6. The van der Waals surface area contributed by atoms with Crippen LogP contribution in [0.2, 0.25) is 0 Å². The second kappa shape index (κ2) is 24.5. The van der Waals surface area contributed by atoms with Crippen molar-refractivity contribution in [1.82, 2.24) is 0 Å². The molecule has 2 atom stereocenters. The molecule has 0 aromatic heterocycles. The first-order valence-electron chi connectivity index (χ1n) is 13.6. The van der Waals surface area contributed by atoms with Crippen LogP contribution in [-0.4, -0.2) is 111 Å². The molecule has 0 saturated heterocycles. The van der Waals surface area contributed by atoms with Gasteiger partial charge in [-0.15, -0.1) is 0 Å². The SMILES string of the molecule is O=C(O)c1ccc(C(=O)O)cc1.O=C(O)c1ccc(C(=O)O)cc1.O=C([O-])c1ccc(C(CO)OCCO)c(C(=O)[O-])c1C(O)COS(=O)(=O)O.[Na+].[Na+]. The topological polar surface area (TPSA) is 363 Å². The van der Waals surface area contributed by atoms with E-state index in [1.54, 1.807) is 0 Å². The normalized spacial score (nSPS) is 11.3. The van der Waals surface area contributed by atoms with Crippen molar-refractivity contribution in [3.05, 3.63) is 105 Å². The van der Waals surface area contributed by atoms with E-state index in [2.05, 4.69) is 4.18 Å². The van der Waals surface area contributed by atoms with Crippen LogP contribution < -0.4 is 69.3 Å². The average Bonchev–Trinajstić information content (AvgIpc) is 3.07. The molecule has 0 saturated carbocycles. The van der Waals surface area contributed by atoms with Gasteiger partial charge in [-0.2, -0.15) is 8.42 Å². The number of carbonyl (C=O) groups excluding carboxylic acids is 2. The molecule has 2 unspecified atom stereocenters. The molecule has 0 aliphatic rings. The van der Waals surface area contributed by atoms with Crippen molar-refractivity contribution in [1.29, 1.82) is 0 Å². The molecule has 0 bridgehead atoms. The Morgan fingerprint density at radius 3 is 1.30 bits per heavy atom. The van der Waals surface area contributed by atoms with Crippen LogP contribution in [0.3, 0.4) is 0 Å². The van der Waals surface area contributed by atoms with Crippen molar-refractivity contribution in [3.8, 4) is 0 Å². The van der Waals surface area contributed by atoms with Crippen molar-refractivity contribution < 1.29 is 156 Å². The first-order chi connectivity index (χ1) is 23.7. The summed E-state index contributed by atoms with van der Waals surface area (Å²) in [5, 5.41) is 85.0. The number of aromatic carboxylic acids is 6. The first-order valence-corrected chi connectivity index (χ1v) is 15.0. The molecule has 23 heteroatoms. The van der Waals surface area contributed by atoms with E-state index in [0.717, 1.165) is 12.1 Å². The molecule has 3 aromatic carbocycles. The van der Waals surface area contributed by atoms with Gasteiger partial charge in [0.2, 0.25) is 0 Å². The summed E-state index contributed by atoms with van der Waals surface area (Å²) in [5.74, 6) is -8.13. The number of hydrogen-bond acceptors (Lipinski definition) is 15. The van der Waals surface area contributed by atoms with Crippen LogP contribution in [0.4, 0.5) is 0 Å². The molecule has 20 nitrogen and oxygen atoms in total. The number of hydrogen-bond donors (Lipinski definition) is 8. The number of carboxylic acids is 6. The van der Waals surface area contributed by atoms with E-state index in [0.29, 0.717) is 0 Å². The van der Waals surface area contributed by atoms with Crippen LogP contribution >= 0.6 is 0 Å². The molecule has 3 rings (SSSR count). The fourth-order valence-corrected chi connectivity index (χ4v) is 4.14. The van der Waals surface area contributed by atoms with Gasteiger partial charge in [0.05, 0.1) is 60.6 Å². The summed E-state index contributed by atoms with van der Waals surface area (Å²) in [5.41, 5.74) is -2.53. The minimum atomic E-state index is -5.02. The van der Waals surface area contributed by atoms with Gasteiger partial charge in [0.25, 0.3) is 0 Å². The molecule has 276 valence electrons. The average molecular weight is 787 g/mol. The minimum Gasteiger partial charge on any atom is -0.545 e. The number of carboxylic acid groups (broad SMARTS) is 6. The molecular weight excluding hydrogens is 758 g/mol. The van der Waals surface area contributed by atoms with E-state index >= 15 is 0 Å². The van der Waals surface area contributed by atoms with Crippen LogP contribution in [0.1, 0.15) is 85.5 Å². The van der Waals surface area contributed by atoms with E-state index in [9.17, 15) is 57.6 Å². The van der Waals surface area contributed by atoms with E-state index in [1.165, 1.54) is 48.5 Å². The second-order valence-corrected chi connectivity index (χ2v) is 10.5. The van der Waals surface area contributed by atoms with Crippen molar-refractivity contribution in [2.45, 2.75) is 12.2 Å². The Labute approximate surface area is 343 Å². The number of aliphatic hydroxyl groups is 3. The number of benzene rings is 3. The van der Waals surface area contributed by atoms with Gasteiger partial charge >= 0.3 is 93.4 Å². The van der Waals surface area contributed by atoms with Gasteiger partial charge in [0, 0.05) is 16.7 Å². The van der Waals surface area contributed by atoms with Gasteiger partial charge in [0.15, 0.2) is 0 Å². The van der Waals surface area contributed by atoms with Crippen molar-refractivity contribution >= 4 is 46.2 Å². The zero-order valence-electron chi connectivity index (χ0n) is 27.6. The molecule has 3 aromatic rings. The van der Waals surface area contributed by atoms with Crippen LogP contribution in [0.5, 0.6) is 0 Å². The summed E-state index contributed by atoms with van der Waals surface area (Å²) in [6.45, 7) is -2.76. The molecule has 0 aliphatic heterocycles. The van der Waals surface area contributed by atoms with E-state index in [1.807, 2.05) is 0 Å². The number of rotatable bonds is 15. The maximum Gasteiger partial charge on any atom is 1.00 e. The summed E-state index contributed by atoms with van der Waals surface area (Å²) >= 11 is 0. The first kappa shape index (κ1) is 51.3. The smallest absolute Gasteiger partial charge is 0.545 e. The Morgan fingerprint density at radius 2 is 1.04 bits per heavy atom. The van der Waals surface area contributed by atoms with Gasteiger partial charge in [-0.25, -0.2) is 23.4 Å². The summed E-state index contributed by atoms with van der Waals surface area (Å²) in [7, 11) is -5.02. The van der Waals surface area contributed by atoms with E-state index in [-0.39, 0.29) is 93.5 Å². The molecule has 8 N–H and O–H groups in total. The third kappa shape index (κ3) is 17.3. The zero-order valence-corrected chi connectivity index (χ0v) is 32.5.